The van der Waals surface area contributed by atoms with Crippen LogP contribution in [0.5, 0.6) is 0 Å². The first-order valence-corrected chi connectivity index (χ1v) is 5.12. The van der Waals surface area contributed by atoms with Crippen LogP contribution in [0.25, 0.3) is 0 Å². The van der Waals surface area contributed by atoms with Crippen LogP contribution in [-0.2, 0) is 14.4 Å². The maximum Gasteiger partial charge on any atom is 0.350 e. The zero-order chi connectivity index (χ0) is 11.4. The Labute approximate surface area is 93.1 Å². The maximum absolute atomic E-state index is 11.4. The van der Waals surface area contributed by atoms with Gasteiger partial charge in [-0.15, -0.1) is 0 Å². The van der Waals surface area contributed by atoms with Crippen LogP contribution in [0, 0.1) is 0 Å². The fourth-order valence-corrected chi connectivity index (χ4v) is 1.42. The second-order valence-corrected chi connectivity index (χ2v) is 3.30. The van der Waals surface area contributed by atoms with Crippen molar-refractivity contribution >= 4 is 11.7 Å². The predicted octanol–water partition coefficient (Wildman–Crippen LogP) is 1.14. The van der Waals surface area contributed by atoms with E-state index in [1.165, 1.54) is 0 Å². The van der Waals surface area contributed by atoms with Gasteiger partial charge < -0.3 is 9.57 Å². The lowest BCUT2D eigenvalue weighted by Gasteiger charge is -2.05. The van der Waals surface area contributed by atoms with E-state index in [-0.39, 0.29) is 5.97 Å². The van der Waals surface area contributed by atoms with Crippen LogP contribution in [0.1, 0.15) is 19.0 Å². The second kappa shape index (κ2) is 4.74. The van der Waals surface area contributed by atoms with Crippen LogP contribution in [0.15, 0.2) is 29.6 Å². The summed E-state index contributed by atoms with van der Waals surface area (Å²) in [5, 5.41) is 3.84. The largest absolute Gasteiger partial charge is 0.463 e. The SMILES string of the molecule is CCOC(=O)C1CC(c2ccccn2)=NO1. The molecule has 0 amide bonds. The summed E-state index contributed by atoms with van der Waals surface area (Å²) in [5.74, 6) is -0.378. The van der Waals surface area contributed by atoms with Crippen LogP contribution >= 0.6 is 0 Å². The quantitative estimate of drug-likeness (QED) is 0.716. The van der Waals surface area contributed by atoms with E-state index >= 15 is 0 Å². The molecule has 84 valence electrons. The molecule has 16 heavy (non-hydrogen) atoms. The molecule has 1 aromatic heterocycles. The van der Waals surface area contributed by atoms with E-state index in [0.717, 1.165) is 5.69 Å². The molecule has 0 saturated heterocycles. The Morgan fingerprint density at radius 3 is 3.19 bits per heavy atom. The van der Waals surface area contributed by atoms with Crippen molar-refractivity contribution < 1.29 is 14.4 Å². The predicted molar refractivity (Wildman–Crippen MR) is 56.9 cm³/mol. The van der Waals surface area contributed by atoms with Gasteiger partial charge in [-0.1, -0.05) is 11.2 Å². The Kier molecular flexibility index (Phi) is 3.14. The van der Waals surface area contributed by atoms with Crippen molar-refractivity contribution in [2.75, 3.05) is 6.61 Å². The van der Waals surface area contributed by atoms with Gasteiger partial charge in [0.15, 0.2) is 0 Å². The lowest BCUT2D eigenvalue weighted by molar-refractivity contribution is -0.154. The molecule has 0 N–H and O–H groups in total. The highest BCUT2D eigenvalue weighted by molar-refractivity contribution is 6.02. The molecular formula is C11H12N2O3. The summed E-state index contributed by atoms with van der Waals surface area (Å²) < 4.78 is 4.85. The van der Waals surface area contributed by atoms with Crippen LogP contribution in [0.4, 0.5) is 0 Å². The minimum atomic E-state index is -0.628. The smallest absolute Gasteiger partial charge is 0.350 e. The minimum Gasteiger partial charge on any atom is -0.463 e. The van der Waals surface area contributed by atoms with Crippen molar-refractivity contribution in [3.63, 3.8) is 0 Å². The zero-order valence-corrected chi connectivity index (χ0v) is 8.92. The topological polar surface area (TPSA) is 60.8 Å². The Hall–Kier alpha value is -1.91. The van der Waals surface area contributed by atoms with E-state index in [1.807, 2.05) is 18.2 Å². The molecule has 0 aliphatic carbocycles. The van der Waals surface area contributed by atoms with E-state index < -0.39 is 6.10 Å². The van der Waals surface area contributed by atoms with Crippen molar-refractivity contribution in [2.45, 2.75) is 19.4 Å². The molecule has 1 aliphatic heterocycles. The van der Waals surface area contributed by atoms with Crippen LogP contribution < -0.4 is 0 Å². The molecule has 0 fully saturated rings. The summed E-state index contributed by atoms with van der Waals surface area (Å²) >= 11 is 0. The molecule has 1 aliphatic rings. The van der Waals surface area contributed by atoms with Gasteiger partial charge in [-0.3, -0.25) is 4.98 Å². The number of rotatable bonds is 3. The Balaban J connectivity index is 2.00. The third-order valence-electron chi connectivity index (χ3n) is 2.18. The van der Waals surface area contributed by atoms with Gasteiger partial charge in [0, 0.05) is 12.6 Å². The molecule has 5 heteroatoms. The molecule has 1 unspecified atom stereocenters. The standard InChI is InChI=1S/C11H12N2O3/c1-2-15-11(14)10-7-9(13-16-10)8-5-3-4-6-12-8/h3-6,10H,2,7H2,1H3. The number of aromatic nitrogens is 1. The molecule has 5 nitrogen and oxygen atoms in total. The molecule has 0 saturated carbocycles. The molecule has 0 aromatic carbocycles. The van der Waals surface area contributed by atoms with Crippen LogP contribution in [0.3, 0.4) is 0 Å². The summed E-state index contributed by atoms with van der Waals surface area (Å²) in [5.41, 5.74) is 1.41. The van der Waals surface area contributed by atoms with Gasteiger partial charge in [-0.2, -0.15) is 0 Å². The molecule has 2 rings (SSSR count). The van der Waals surface area contributed by atoms with E-state index in [1.54, 1.807) is 13.1 Å². The van der Waals surface area contributed by atoms with E-state index in [4.69, 9.17) is 9.57 Å². The number of hydrogen-bond acceptors (Lipinski definition) is 5. The average Bonchev–Trinajstić information content (AvgIpc) is 2.80. The van der Waals surface area contributed by atoms with E-state index in [2.05, 4.69) is 10.1 Å². The molecular weight excluding hydrogens is 208 g/mol. The minimum absolute atomic E-state index is 0.345. The van der Waals surface area contributed by atoms with Crippen molar-refractivity contribution in [1.82, 2.24) is 4.98 Å². The first-order valence-electron chi connectivity index (χ1n) is 5.12. The van der Waals surface area contributed by atoms with Gasteiger partial charge in [-0.05, 0) is 19.1 Å². The number of pyridine rings is 1. The number of ether oxygens (including phenoxy) is 1. The van der Waals surface area contributed by atoms with Gasteiger partial charge >= 0.3 is 5.97 Å². The van der Waals surface area contributed by atoms with Gasteiger partial charge in [0.25, 0.3) is 0 Å². The number of esters is 1. The first kappa shape index (κ1) is 10.6. The number of hydrogen-bond donors (Lipinski definition) is 0. The fraction of sp³-hybridized carbons (Fsp3) is 0.364. The lowest BCUT2D eigenvalue weighted by atomic mass is 10.1. The molecule has 0 bridgehead atoms. The van der Waals surface area contributed by atoms with Gasteiger partial charge in [0.2, 0.25) is 6.10 Å². The zero-order valence-electron chi connectivity index (χ0n) is 8.92. The summed E-state index contributed by atoms with van der Waals surface area (Å²) in [6, 6.07) is 5.51. The molecule has 2 heterocycles. The van der Waals surface area contributed by atoms with E-state index in [9.17, 15) is 4.79 Å². The lowest BCUT2D eigenvalue weighted by Crippen LogP contribution is -2.23. The van der Waals surface area contributed by atoms with Crippen LogP contribution in [0.2, 0.25) is 0 Å². The molecule has 0 spiro atoms. The Morgan fingerprint density at radius 2 is 2.50 bits per heavy atom. The number of carbonyl (C=O) groups is 1. The monoisotopic (exact) mass is 220 g/mol. The van der Waals surface area contributed by atoms with E-state index in [0.29, 0.717) is 18.7 Å². The molecule has 1 aromatic rings. The summed E-state index contributed by atoms with van der Waals surface area (Å²) in [4.78, 5) is 20.5. The summed E-state index contributed by atoms with van der Waals surface area (Å²) in [6.07, 6.45) is 1.46. The number of nitrogens with zero attached hydrogens (tertiary/aromatic N) is 2. The third-order valence-corrected chi connectivity index (χ3v) is 2.18. The Morgan fingerprint density at radius 1 is 1.62 bits per heavy atom. The Bertz CT molecular complexity index is 403. The first-order chi connectivity index (χ1) is 7.81. The average molecular weight is 220 g/mol. The molecule has 1 atom stereocenters. The van der Waals surface area contributed by atoms with Crippen molar-refractivity contribution in [3.8, 4) is 0 Å². The summed E-state index contributed by atoms with van der Waals surface area (Å²) in [6.45, 7) is 2.10. The van der Waals surface area contributed by atoms with Crippen molar-refractivity contribution in [3.05, 3.63) is 30.1 Å². The summed E-state index contributed by atoms with van der Waals surface area (Å²) in [7, 11) is 0. The van der Waals surface area contributed by atoms with Crippen molar-refractivity contribution in [1.29, 1.82) is 0 Å². The third kappa shape index (κ3) is 2.18. The van der Waals surface area contributed by atoms with Crippen molar-refractivity contribution in [2.24, 2.45) is 5.16 Å². The number of oxime groups is 1. The van der Waals surface area contributed by atoms with Crippen LogP contribution in [-0.4, -0.2) is 29.4 Å². The number of carbonyl (C=O) groups excluding carboxylic acids is 1. The van der Waals surface area contributed by atoms with Gasteiger partial charge in [-0.25, -0.2) is 4.79 Å². The highest BCUT2D eigenvalue weighted by Gasteiger charge is 2.30. The van der Waals surface area contributed by atoms with Gasteiger partial charge in [0.05, 0.1) is 12.3 Å². The highest BCUT2D eigenvalue weighted by atomic mass is 16.7. The normalized spacial score (nSPS) is 18.8. The highest BCUT2D eigenvalue weighted by Crippen LogP contribution is 2.16. The second-order valence-electron chi connectivity index (χ2n) is 3.30. The molecule has 0 radical (unpaired) electrons. The van der Waals surface area contributed by atoms with Gasteiger partial charge in [0.1, 0.15) is 5.71 Å². The fourth-order valence-electron chi connectivity index (χ4n) is 1.42. The maximum atomic E-state index is 11.4.